The molecule has 0 spiro atoms. The maximum Gasteiger partial charge on any atom is 0.254 e. The van der Waals surface area contributed by atoms with Gasteiger partial charge in [-0.2, -0.15) is 5.10 Å². The highest BCUT2D eigenvalue weighted by Gasteiger charge is 2.21. The molecule has 0 atom stereocenters. The van der Waals surface area contributed by atoms with Gasteiger partial charge in [-0.1, -0.05) is 23.2 Å². The van der Waals surface area contributed by atoms with Crippen LogP contribution in [0.4, 0.5) is 0 Å². The summed E-state index contributed by atoms with van der Waals surface area (Å²) in [5, 5.41) is 17.0. The van der Waals surface area contributed by atoms with Crippen molar-refractivity contribution in [1.29, 1.82) is 0 Å². The Morgan fingerprint density at radius 2 is 2.14 bits per heavy atom. The summed E-state index contributed by atoms with van der Waals surface area (Å²) in [6.45, 7) is 3.30. The van der Waals surface area contributed by atoms with Crippen LogP contribution in [0.2, 0.25) is 10.0 Å². The molecule has 0 radical (unpaired) electrons. The molecule has 112 valence electrons. The molecule has 1 aromatic carbocycles. The first-order valence-corrected chi connectivity index (χ1v) is 7.01. The lowest BCUT2D eigenvalue weighted by molar-refractivity contribution is 0.0869. The van der Waals surface area contributed by atoms with Crippen LogP contribution in [0.15, 0.2) is 30.6 Å². The normalized spacial score (nSPS) is 11.5. The van der Waals surface area contributed by atoms with Crippen LogP contribution in [-0.2, 0) is 0 Å². The van der Waals surface area contributed by atoms with Crippen LogP contribution < -0.4 is 5.32 Å². The van der Waals surface area contributed by atoms with Crippen molar-refractivity contribution in [3.05, 3.63) is 46.2 Å². The van der Waals surface area contributed by atoms with Crippen molar-refractivity contribution in [2.75, 3.05) is 6.61 Å². The quantitative estimate of drug-likeness (QED) is 0.907. The number of hydrogen-bond acceptors (Lipinski definition) is 3. The third-order valence-corrected chi connectivity index (χ3v) is 3.39. The summed E-state index contributed by atoms with van der Waals surface area (Å²) in [5.41, 5.74) is 0.306. The van der Waals surface area contributed by atoms with E-state index < -0.39 is 5.54 Å². The van der Waals surface area contributed by atoms with Crippen molar-refractivity contribution < 1.29 is 9.90 Å². The molecule has 21 heavy (non-hydrogen) atoms. The number of halogens is 2. The highest BCUT2D eigenvalue weighted by molar-refractivity contribution is 6.35. The second-order valence-corrected chi connectivity index (χ2v) is 6.11. The molecule has 0 fully saturated rings. The van der Waals surface area contributed by atoms with E-state index in [9.17, 15) is 4.79 Å². The Kier molecular flexibility index (Phi) is 4.56. The number of aliphatic hydroxyl groups is 1. The minimum Gasteiger partial charge on any atom is -0.394 e. The van der Waals surface area contributed by atoms with Gasteiger partial charge in [0.15, 0.2) is 0 Å². The van der Waals surface area contributed by atoms with Crippen LogP contribution in [0, 0.1) is 0 Å². The first-order chi connectivity index (χ1) is 9.82. The minimum absolute atomic E-state index is 0.157. The number of carbonyl (C=O) groups is 1. The molecule has 2 rings (SSSR count). The Balaban J connectivity index is 2.24. The Bertz CT molecular complexity index is 668. The lowest BCUT2D eigenvalue weighted by Crippen LogP contribution is -2.46. The van der Waals surface area contributed by atoms with Gasteiger partial charge in [-0.25, -0.2) is 4.68 Å². The Hall–Kier alpha value is -1.56. The van der Waals surface area contributed by atoms with E-state index in [4.69, 9.17) is 28.3 Å². The lowest BCUT2D eigenvalue weighted by atomic mass is 10.1. The number of nitrogens with zero attached hydrogens (tertiary/aromatic N) is 2. The van der Waals surface area contributed by atoms with Crippen molar-refractivity contribution in [3.63, 3.8) is 0 Å². The summed E-state index contributed by atoms with van der Waals surface area (Å²) in [4.78, 5) is 12.1. The molecule has 0 bridgehead atoms. The van der Waals surface area contributed by atoms with E-state index in [0.29, 0.717) is 21.3 Å². The van der Waals surface area contributed by atoms with Crippen LogP contribution in [0.5, 0.6) is 0 Å². The van der Waals surface area contributed by atoms with Gasteiger partial charge in [0, 0.05) is 11.2 Å². The highest BCUT2D eigenvalue weighted by Crippen LogP contribution is 2.24. The molecular formula is C14H15Cl2N3O2. The van der Waals surface area contributed by atoms with Gasteiger partial charge >= 0.3 is 0 Å². The summed E-state index contributed by atoms with van der Waals surface area (Å²) in [5.74, 6) is -0.314. The summed E-state index contributed by atoms with van der Waals surface area (Å²) >= 11 is 11.9. The molecule has 2 aromatic rings. The molecule has 5 nitrogen and oxygen atoms in total. The zero-order valence-corrected chi connectivity index (χ0v) is 13.1. The average molecular weight is 328 g/mol. The van der Waals surface area contributed by atoms with Gasteiger partial charge in [0.2, 0.25) is 0 Å². The molecule has 0 unspecified atom stereocenters. The molecule has 0 saturated carbocycles. The van der Waals surface area contributed by atoms with Gasteiger partial charge in [-0.05, 0) is 32.0 Å². The maximum atomic E-state index is 12.1. The highest BCUT2D eigenvalue weighted by atomic mass is 35.5. The topological polar surface area (TPSA) is 67.2 Å². The number of rotatable bonds is 4. The molecule has 1 aromatic heterocycles. The van der Waals surface area contributed by atoms with E-state index in [1.807, 2.05) is 0 Å². The lowest BCUT2D eigenvalue weighted by Gasteiger charge is -2.22. The largest absolute Gasteiger partial charge is 0.394 e. The van der Waals surface area contributed by atoms with E-state index in [0.717, 1.165) is 0 Å². The van der Waals surface area contributed by atoms with Crippen molar-refractivity contribution in [2.24, 2.45) is 0 Å². The predicted octanol–water partition coefficient (Wildman–Crippen LogP) is 2.68. The summed E-state index contributed by atoms with van der Waals surface area (Å²) in [7, 11) is 0. The molecule has 0 aliphatic rings. The molecular weight excluding hydrogens is 313 g/mol. The van der Waals surface area contributed by atoms with E-state index in [1.54, 1.807) is 38.2 Å². The Morgan fingerprint density at radius 1 is 1.43 bits per heavy atom. The van der Waals surface area contributed by atoms with Crippen LogP contribution >= 0.6 is 23.2 Å². The second kappa shape index (κ2) is 6.05. The van der Waals surface area contributed by atoms with Gasteiger partial charge in [0.05, 0.1) is 34.6 Å². The van der Waals surface area contributed by atoms with Gasteiger partial charge in [-0.3, -0.25) is 4.79 Å². The molecule has 7 heteroatoms. The SMILES string of the molecule is CC(C)(CO)NC(=O)c1cnn(-c2ccc(Cl)cc2Cl)c1. The Labute approximate surface area is 132 Å². The van der Waals surface area contributed by atoms with Crippen molar-refractivity contribution in [3.8, 4) is 5.69 Å². The third kappa shape index (κ3) is 3.75. The molecule has 0 aliphatic carbocycles. The maximum absolute atomic E-state index is 12.1. The summed E-state index contributed by atoms with van der Waals surface area (Å²) in [6, 6.07) is 5.02. The zero-order valence-electron chi connectivity index (χ0n) is 11.6. The van der Waals surface area contributed by atoms with Crippen LogP contribution in [0.3, 0.4) is 0 Å². The smallest absolute Gasteiger partial charge is 0.254 e. The zero-order chi connectivity index (χ0) is 15.6. The number of carbonyl (C=O) groups excluding carboxylic acids is 1. The molecule has 1 heterocycles. The third-order valence-electron chi connectivity index (χ3n) is 2.85. The Morgan fingerprint density at radius 3 is 2.76 bits per heavy atom. The number of benzene rings is 1. The van der Waals surface area contributed by atoms with Crippen LogP contribution in [0.1, 0.15) is 24.2 Å². The van der Waals surface area contributed by atoms with Crippen LogP contribution in [-0.4, -0.2) is 32.9 Å². The van der Waals surface area contributed by atoms with E-state index in [2.05, 4.69) is 10.4 Å². The van der Waals surface area contributed by atoms with Crippen molar-refractivity contribution >= 4 is 29.1 Å². The first-order valence-electron chi connectivity index (χ1n) is 6.26. The van der Waals surface area contributed by atoms with E-state index in [1.165, 1.54) is 10.9 Å². The van der Waals surface area contributed by atoms with Gasteiger partial charge < -0.3 is 10.4 Å². The number of nitrogens with one attached hydrogen (secondary N) is 1. The summed E-state index contributed by atoms with van der Waals surface area (Å²) < 4.78 is 1.50. The number of aromatic nitrogens is 2. The van der Waals surface area contributed by atoms with Gasteiger partial charge in [0.25, 0.3) is 5.91 Å². The minimum atomic E-state index is -0.697. The predicted molar refractivity (Wildman–Crippen MR) is 82.2 cm³/mol. The average Bonchev–Trinajstić information content (AvgIpc) is 2.88. The molecule has 0 aliphatic heterocycles. The second-order valence-electron chi connectivity index (χ2n) is 5.27. The first kappa shape index (κ1) is 15.8. The van der Waals surface area contributed by atoms with Crippen molar-refractivity contribution in [2.45, 2.75) is 19.4 Å². The number of amides is 1. The summed E-state index contributed by atoms with van der Waals surface area (Å²) in [6.07, 6.45) is 3.01. The fourth-order valence-corrected chi connectivity index (χ4v) is 2.15. The van der Waals surface area contributed by atoms with Crippen LogP contribution in [0.25, 0.3) is 5.69 Å². The fraction of sp³-hybridized carbons (Fsp3) is 0.286. The number of hydrogen-bond donors (Lipinski definition) is 2. The monoisotopic (exact) mass is 327 g/mol. The van der Waals surface area contributed by atoms with Gasteiger partial charge in [0.1, 0.15) is 0 Å². The van der Waals surface area contributed by atoms with Crippen molar-refractivity contribution in [1.82, 2.24) is 15.1 Å². The molecule has 1 amide bonds. The van der Waals surface area contributed by atoms with E-state index >= 15 is 0 Å². The van der Waals surface area contributed by atoms with Gasteiger partial charge in [-0.15, -0.1) is 0 Å². The number of aliphatic hydroxyl groups excluding tert-OH is 1. The standard InChI is InChI=1S/C14H15Cl2N3O2/c1-14(2,8-20)18-13(21)9-6-17-19(7-9)12-4-3-10(15)5-11(12)16/h3-7,20H,8H2,1-2H3,(H,18,21). The fourth-order valence-electron chi connectivity index (χ4n) is 1.66. The molecule has 2 N–H and O–H groups in total. The van der Waals surface area contributed by atoms with E-state index in [-0.39, 0.29) is 12.5 Å². The molecule has 0 saturated heterocycles.